The Labute approximate surface area is 165 Å². The molecule has 148 valence electrons. The van der Waals surface area contributed by atoms with Crippen LogP contribution >= 0.6 is 0 Å². The lowest BCUT2D eigenvalue weighted by Crippen LogP contribution is -2.30. The van der Waals surface area contributed by atoms with Crippen LogP contribution in [0.15, 0.2) is 42.5 Å². The van der Waals surface area contributed by atoms with Gasteiger partial charge in [0.2, 0.25) is 0 Å². The highest BCUT2D eigenvalue weighted by Gasteiger charge is 2.34. The zero-order valence-corrected chi connectivity index (χ0v) is 16.1. The molecule has 28 heavy (non-hydrogen) atoms. The smallest absolute Gasteiger partial charge is 0.261 e. The van der Waals surface area contributed by atoms with Gasteiger partial charge in [-0.2, -0.15) is 0 Å². The maximum atomic E-state index is 12.3. The van der Waals surface area contributed by atoms with E-state index in [4.69, 9.17) is 15.2 Å². The molecule has 2 N–H and O–H groups in total. The van der Waals surface area contributed by atoms with Crippen molar-refractivity contribution in [3.63, 3.8) is 0 Å². The summed E-state index contributed by atoms with van der Waals surface area (Å²) in [6.45, 7) is 3.62. The van der Waals surface area contributed by atoms with Gasteiger partial charge in [0.1, 0.15) is 0 Å². The van der Waals surface area contributed by atoms with Crippen LogP contribution in [0.1, 0.15) is 53.3 Å². The highest BCUT2D eigenvalue weighted by Crippen LogP contribution is 2.30. The van der Waals surface area contributed by atoms with Crippen molar-refractivity contribution in [3.05, 3.63) is 53.6 Å². The van der Waals surface area contributed by atoms with Crippen molar-refractivity contribution in [2.45, 2.75) is 32.6 Å². The Morgan fingerprint density at radius 3 is 2.21 bits per heavy atom. The number of unbranched alkanes of at least 4 members (excludes halogenated alkanes) is 2. The van der Waals surface area contributed by atoms with E-state index >= 15 is 0 Å². The van der Waals surface area contributed by atoms with Gasteiger partial charge >= 0.3 is 0 Å². The molecule has 1 aliphatic heterocycles. The monoisotopic (exact) mass is 382 g/mol. The predicted octanol–water partition coefficient (Wildman–Crippen LogP) is 3.90. The molecule has 0 fully saturated rings. The van der Waals surface area contributed by atoms with Crippen LogP contribution in [0.25, 0.3) is 0 Å². The molecule has 0 radical (unpaired) electrons. The zero-order valence-electron chi connectivity index (χ0n) is 16.1. The maximum absolute atomic E-state index is 12.3. The van der Waals surface area contributed by atoms with Crippen LogP contribution in [0.5, 0.6) is 11.5 Å². The molecule has 0 saturated heterocycles. The number of fused-ring (bicyclic) bond motifs is 1. The molecule has 2 aromatic rings. The molecule has 1 heterocycles. The Morgan fingerprint density at radius 1 is 0.857 bits per heavy atom. The Bertz CT molecular complexity index is 815. The summed E-state index contributed by atoms with van der Waals surface area (Å²) in [5.41, 5.74) is 7.45. The highest BCUT2D eigenvalue weighted by molar-refractivity contribution is 6.21. The van der Waals surface area contributed by atoms with Crippen LogP contribution in [0, 0.1) is 0 Å². The van der Waals surface area contributed by atoms with Gasteiger partial charge in [0.05, 0.1) is 24.3 Å². The van der Waals surface area contributed by atoms with Crippen molar-refractivity contribution in [3.8, 4) is 11.5 Å². The van der Waals surface area contributed by atoms with Gasteiger partial charge < -0.3 is 15.2 Å². The largest absolute Gasteiger partial charge is 0.490 e. The van der Waals surface area contributed by atoms with E-state index in [2.05, 4.69) is 0 Å². The second-order valence-corrected chi connectivity index (χ2v) is 6.77. The van der Waals surface area contributed by atoms with E-state index in [9.17, 15) is 9.59 Å². The highest BCUT2D eigenvalue weighted by atomic mass is 16.5. The summed E-state index contributed by atoms with van der Waals surface area (Å²) >= 11 is 0. The van der Waals surface area contributed by atoms with Crippen molar-refractivity contribution in [1.82, 2.24) is 4.90 Å². The molecule has 0 atom stereocenters. The molecule has 2 amide bonds. The average Bonchev–Trinajstić information content (AvgIpc) is 2.95. The van der Waals surface area contributed by atoms with Crippen molar-refractivity contribution < 1.29 is 19.1 Å². The van der Waals surface area contributed by atoms with Crippen molar-refractivity contribution in [2.75, 3.05) is 25.5 Å². The third-order valence-electron chi connectivity index (χ3n) is 4.59. The summed E-state index contributed by atoms with van der Waals surface area (Å²) in [6.07, 6.45) is 3.33. The topological polar surface area (TPSA) is 81.9 Å². The molecular formula is C22H26N2O4. The molecule has 6 nitrogen and oxygen atoms in total. The number of imide groups is 1. The number of hydrogen-bond acceptors (Lipinski definition) is 5. The first-order valence-electron chi connectivity index (χ1n) is 9.72. The number of benzene rings is 2. The Morgan fingerprint density at radius 2 is 1.54 bits per heavy atom. The summed E-state index contributed by atoms with van der Waals surface area (Å²) in [5, 5.41) is 0. The lowest BCUT2D eigenvalue weighted by Gasteiger charge is -2.14. The predicted molar refractivity (Wildman–Crippen MR) is 108 cm³/mol. The van der Waals surface area contributed by atoms with Gasteiger partial charge in [0.25, 0.3) is 11.8 Å². The van der Waals surface area contributed by atoms with E-state index in [0.717, 1.165) is 25.7 Å². The van der Waals surface area contributed by atoms with E-state index in [-0.39, 0.29) is 11.8 Å². The van der Waals surface area contributed by atoms with Gasteiger partial charge in [-0.05, 0) is 49.9 Å². The molecule has 0 unspecified atom stereocenters. The van der Waals surface area contributed by atoms with Gasteiger partial charge in [-0.25, -0.2) is 0 Å². The number of nitrogen functional groups attached to an aromatic ring is 1. The summed E-state index contributed by atoms with van der Waals surface area (Å²) < 4.78 is 11.5. The lowest BCUT2D eigenvalue weighted by atomic mass is 10.1. The number of anilines is 1. The van der Waals surface area contributed by atoms with E-state index < -0.39 is 0 Å². The molecule has 3 rings (SSSR count). The first kappa shape index (κ1) is 19.7. The molecular weight excluding hydrogens is 356 g/mol. The average molecular weight is 382 g/mol. The third-order valence-corrected chi connectivity index (χ3v) is 4.59. The SMILES string of the molecule is CCCOc1cc(N)ccc1OCCCCCN1C(=O)c2ccccc2C1=O. The van der Waals surface area contributed by atoms with E-state index in [1.807, 2.05) is 13.0 Å². The number of hydrogen-bond donors (Lipinski definition) is 1. The second kappa shape index (κ2) is 9.26. The number of nitrogens with zero attached hydrogens (tertiary/aromatic N) is 1. The zero-order chi connectivity index (χ0) is 19.9. The summed E-state index contributed by atoms with van der Waals surface area (Å²) in [7, 11) is 0. The van der Waals surface area contributed by atoms with Crippen LogP contribution in [0.2, 0.25) is 0 Å². The molecule has 1 aliphatic rings. The summed E-state index contributed by atoms with van der Waals surface area (Å²) in [6, 6.07) is 12.3. The van der Waals surface area contributed by atoms with Gasteiger partial charge in [0, 0.05) is 18.3 Å². The summed E-state index contributed by atoms with van der Waals surface area (Å²) in [5.74, 6) is 0.948. The Kier molecular flexibility index (Phi) is 6.53. The standard InChI is InChI=1S/C22H26N2O4/c1-2-13-27-20-15-16(23)10-11-19(20)28-14-7-3-6-12-24-21(25)17-8-4-5-9-18(17)22(24)26/h4-5,8-11,15H,2-3,6-7,12-14,23H2,1H3. The number of nitrogens with two attached hydrogens (primary N) is 1. The second-order valence-electron chi connectivity index (χ2n) is 6.77. The molecule has 0 bridgehead atoms. The fraction of sp³-hybridized carbons (Fsp3) is 0.364. The van der Waals surface area contributed by atoms with Gasteiger partial charge in [-0.15, -0.1) is 0 Å². The maximum Gasteiger partial charge on any atom is 0.261 e. The Hall–Kier alpha value is -3.02. The molecule has 6 heteroatoms. The number of amides is 2. The first-order chi connectivity index (χ1) is 13.6. The number of ether oxygens (including phenoxy) is 2. The normalized spacial score (nSPS) is 13.0. The first-order valence-corrected chi connectivity index (χ1v) is 9.72. The molecule has 0 spiro atoms. The quantitative estimate of drug-likeness (QED) is 0.383. The summed E-state index contributed by atoms with van der Waals surface area (Å²) in [4.78, 5) is 26.0. The fourth-order valence-corrected chi connectivity index (χ4v) is 3.14. The minimum absolute atomic E-state index is 0.198. The van der Waals surface area contributed by atoms with Crippen LogP contribution in [0.4, 0.5) is 5.69 Å². The van der Waals surface area contributed by atoms with Crippen LogP contribution in [-0.4, -0.2) is 36.5 Å². The molecule has 2 aromatic carbocycles. The third kappa shape index (κ3) is 4.44. The van der Waals surface area contributed by atoms with Crippen LogP contribution in [-0.2, 0) is 0 Å². The van der Waals surface area contributed by atoms with Crippen molar-refractivity contribution >= 4 is 17.5 Å². The number of rotatable bonds is 10. The molecule has 0 aliphatic carbocycles. The minimum Gasteiger partial charge on any atom is -0.490 e. The van der Waals surface area contributed by atoms with Gasteiger partial charge in [0.15, 0.2) is 11.5 Å². The minimum atomic E-state index is -0.198. The van der Waals surface area contributed by atoms with Gasteiger partial charge in [-0.1, -0.05) is 19.1 Å². The lowest BCUT2D eigenvalue weighted by molar-refractivity contribution is 0.0651. The molecule has 0 aromatic heterocycles. The van der Waals surface area contributed by atoms with E-state index in [1.54, 1.807) is 36.4 Å². The van der Waals surface area contributed by atoms with Crippen molar-refractivity contribution in [2.24, 2.45) is 0 Å². The molecule has 0 saturated carbocycles. The fourth-order valence-electron chi connectivity index (χ4n) is 3.14. The number of carbonyl (C=O) groups excluding carboxylic acids is 2. The van der Waals surface area contributed by atoms with Crippen LogP contribution in [0.3, 0.4) is 0 Å². The Balaban J connectivity index is 1.42. The number of carbonyl (C=O) groups is 2. The van der Waals surface area contributed by atoms with Gasteiger partial charge in [-0.3, -0.25) is 14.5 Å². The van der Waals surface area contributed by atoms with Crippen molar-refractivity contribution in [1.29, 1.82) is 0 Å². The van der Waals surface area contributed by atoms with Crippen LogP contribution < -0.4 is 15.2 Å². The van der Waals surface area contributed by atoms with E-state index in [1.165, 1.54) is 4.90 Å². The van der Waals surface area contributed by atoms with E-state index in [0.29, 0.717) is 48.1 Å².